The molecular formula is C21H14Cl3O4P. The molecule has 29 heavy (non-hydrogen) atoms. The molecule has 0 aliphatic rings. The number of halogens is 3. The van der Waals surface area contributed by atoms with E-state index in [0.717, 1.165) is 0 Å². The van der Waals surface area contributed by atoms with Crippen LogP contribution in [-0.4, -0.2) is 18.2 Å². The first-order valence-corrected chi connectivity index (χ1v) is 11.2. The zero-order valence-corrected chi connectivity index (χ0v) is 18.2. The predicted octanol–water partition coefficient (Wildman–Crippen LogP) is 6.32. The van der Waals surface area contributed by atoms with E-state index in [1.807, 2.05) is 0 Å². The lowest BCUT2D eigenvalue weighted by Gasteiger charge is -2.19. The minimum atomic E-state index is -4.40. The molecule has 0 radical (unpaired) electrons. The summed E-state index contributed by atoms with van der Waals surface area (Å²) in [5, 5.41) is -0.0849. The van der Waals surface area contributed by atoms with Gasteiger partial charge in [-0.05, 0) is 24.3 Å². The first-order chi connectivity index (χ1) is 13.8. The Labute approximate surface area is 182 Å². The van der Waals surface area contributed by atoms with E-state index >= 15 is 0 Å². The molecule has 3 rings (SSSR count). The topological polar surface area (TPSA) is 60.4 Å². The SMILES string of the molecule is COc1ccccc1C(=O)P(=O)(C(=O)c1c(Cl)ccc(Cl)c1Cl)c1ccccc1. The average molecular weight is 468 g/mol. The maximum absolute atomic E-state index is 14.2. The highest BCUT2D eigenvalue weighted by molar-refractivity contribution is 8.01. The third kappa shape index (κ3) is 3.86. The summed E-state index contributed by atoms with van der Waals surface area (Å²) in [6.45, 7) is 0. The Morgan fingerprint density at radius 3 is 2.03 bits per heavy atom. The van der Waals surface area contributed by atoms with E-state index in [1.54, 1.807) is 36.4 Å². The molecule has 4 nitrogen and oxygen atoms in total. The Hall–Kier alpha value is -2.10. The van der Waals surface area contributed by atoms with Crippen molar-refractivity contribution in [3.63, 3.8) is 0 Å². The van der Waals surface area contributed by atoms with Gasteiger partial charge in [-0.2, -0.15) is 0 Å². The van der Waals surface area contributed by atoms with Gasteiger partial charge in [0.2, 0.25) is 18.2 Å². The third-order valence-electron chi connectivity index (χ3n) is 4.29. The van der Waals surface area contributed by atoms with Gasteiger partial charge < -0.3 is 9.30 Å². The normalized spacial score (nSPS) is 12.8. The number of carbonyl (C=O) groups is 2. The fourth-order valence-electron chi connectivity index (χ4n) is 2.84. The molecule has 0 aliphatic heterocycles. The predicted molar refractivity (Wildman–Crippen MR) is 117 cm³/mol. The lowest BCUT2D eigenvalue weighted by molar-refractivity contribution is 0.104. The fourth-order valence-corrected chi connectivity index (χ4v) is 5.98. The van der Waals surface area contributed by atoms with Crippen LogP contribution >= 0.6 is 41.9 Å². The van der Waals surface area contributed by atoms with Crippen molar-refractivity contribution in [2.45, 2.75) is 0 Å². The number of ether oxygens (including phenoxy) is 1. The molecule has 3 aromatic rings. The minimum absolute atomic E-state index is 0.0183. The summed E-state index contributed by atoms with van der Waals surface area (Å²) in [6.07, 6.45) is 0. The van der Waals surface area contributed by atoms with Gasteiger partial charge in [0.25, 0.3) is 0 Å². The zero-order chi connectivity index (χ0) is 21.2. The van der Waals surface area contributed by atoms with Crippen LogP contribution in [0.25, 0.3) is 0 Å². The van der Waals surface area contributed by atoms with Gasteiger partial charge in [0.1, 0.15) is 5.75 Å². The van der Waals surface area contributed by atoms with Gasteiger partial charge in [-0.25, -0.2) is 0 Å². The van der Waals surface area contributed by atoms with Crippen molar-refractivity contribution in [1.82, 2.24) is 0 Å². The minimum Gasteiger partial charge on any atom is -0.496 e. The lowest BCUT2D eigenvalue weighted by Crippen LogP contribution is -2.21. The van der Waals surface area contributed by atoms with Crippen molar-refractivity contribution in [3.05, 3.63) is 92.9 Å². The Balaban J connectivity index is 2.29. The molecule has 0 aliphatic carbocycles. The highest BCUT2D eigenvalue weighted by Gasteiger charge is 2.45. The first kappa shape index (κ1) is 21.6. The highest BCUT2D eigenvalue weighted by atomic mass is 35.5. The van der Waals surface area contributed by atoms with Crippen molar-refractivity contribution in [1.29, 1.82) is 0 Å². The van der Waals surface area contributed by atoms with E-state index in [1.165, 1.54) is 37.4 Å². The second kappa shape index (κ2) is 8.73. The third-order valence-corrected chi connectivity index (χ3v) is 8.04. The maximum Gasteiger partial charge on any atom is 0.248 e. The summed E-state index contributed by atoms with van der Waals surface area (Å²) in [5.41, 5.74) is -2.10. The molecule has 1 atom stereocenters. The molecule has 3 aromatic carbocycles. The molecule has 0 saturated carbocycles. The van der Waals surface area contributed by atoms with Crippen molar-refractivity contribution >= 4 is 58.3 Å². The number of hydrogen-bond acceptors (Lipinski definition) is 4. The van der Waals surface area contributed by atoms with Gasteiger partial charge in [-0.1, -0.05) is 77.3 Å². The van der Waals surface area contributed by atoms with Crippen molar-refractivity contribution in [3.8, 4) is 5.75 Å². The molecule has 0 heterocycles. The smallest absolute Gasteiger partial charge is 0.248 e. The van der Waals surface area contributed by atoms with Crippen LogP contribution in [0.4, 0.5) is 0 Å². The van der Waals surface area contributed by atoms with E-state index in [4.69, 9.17) is 39.5 Å². The summed E-state index contributed by atoms with van der Waals surface area (Å²) < 4.78 is 19.4. The number of hydrogen-bond donors (Lipinski definition) is 0. The molecule has 0 aromatic heterocycles. The zero-order valence-electron chi connectivity index (χ0n) is 15.1. The largest absolute Gasteiger partial charge is 0.496 e. The van der Waals surface area contributed by atoms with Crippen LogP contribution in [0.1, 0.15) is 20.7 Å². The standard InChI is InChI=1S/C21H14Cl3O4P/c1-28-17-10-6-5-9-14(17)20(25)29(27,13-7-3-2-4-8-13)21(26)18-15(22)11-12-16(23)19(18)24/h2-12H,1H3. The molecule has 0 amide bonds. The monoisotopic (exact) mass is 466 g/mol. The van der Waals surface area contributed by atoms with Gasteiger partial charge in [0.05, 0.1) is 33.3 Å². The van der Waals surface area contributed by atoms with Gasteiger partial charge in [-0.15, -0.1) is 0 Å². The van der Waals surface area contributed by atoms with E-state index in [9.17, 15) is 14.2 Å². The van der Waals surface area contributed by atoms with Crippen molar-refractivity contribution in [2.75, 3.05) is 7.11 Å². The second-order valence-electron chi connectivity index (χ2n) is 5.97. The van der Waals surface area contributed by atoms with Crippen LogP contribution in [-0.2, 0) is 4.57 Å². The van der Waals surface area contributed by atoms with Crippen LogP contribution in [0.2, 0.25) is 15.1 Å². The summed E-state index contributed by atoms with van der Waals surface area (Å²) in [5.74, 6) is 0.199. The van der Waals surface area contributed by atoms with Gasteiger partial charge >= 0.3 is 0 Å². The highest BCUT2D eigenvalue weighted by Crippen LogP contribution is 2.54. The summed E-state index contributed by atoms with van der Waals surface area (Å²) in [6, 6.07) is 16.8. The van der Waals surface area contributed by atoms with Crippen molar-refractivity contribution in [2.24, 2.45) is 0 Å². The van der Waals surface area contributed by atoms with E-state index in [0.29, 0.717) is 0 Å². The van der Waals surface area contributed by atoms with Crippen LogP contribution in [0.3, 0.4) is 0 Å². The molecule has 8 heteroatoms. The number of benzene rings is 3. The average Bonchev–Trinajstić information content (AvgIpc) is 2.76. The second-order valence-corrected chi connectivity index (χ2v) is 9.71. The van der Waals surface area contributed by atoms with Crippen molar-refractivity contribution < 1.29 is 18.9 Å². The Morgan fingerprint density at radius 1 is 0.793 bits per heavy atom. The Kier molecular flexibility index (Phi) is 6.50. The van der Waals surface area contributed by atoms with Crippen LogP contribution in [0.5, 0.6) is 5.75 Å². The molecule has 0 N–H and O–H groups in total. The Bertz CT molecular complexity index is 1150. The first-order valence-electron chi connectivity index (χ1n) is 8.34. The van der Waals surface area contributed by atoms with E-state index < -0.39 is 18.2 Å². The van der Waals surface area contributed by atoms with Gasteiger partial charge in [0.15, 0.2) is 0 Å². The number of para-hydroxylation sites is 1. The molecule has 0 fully saturated rings. The van der Waals surface area contributed by atoms with Gasteiger partial charge in [0, 0.05) is 5.30 Å². The maximum atomic E-state index is 14.2. The number of methoxy groups -OCH3 is 1. The van der Waals surface area contributed by atoms with Crippen LogP contribution in [0.15, 0.2) is 66.7 Å². The fraction of sp³-hybridized carbons (Fsp3) is 0.0476. The summed E-state index contributed by atoms with van der Waals surface area (Å²) in [7, 11) is -3.02. The molecule has 0 spiro atoms. The summed E-state index contributed by atoms with van der Waals surface area (Å²) >= 11 is 18.4. The summed E-state index contributed by atoms with van der Waals surface area (Å²) in [4.78, 5) is 27.0. The van der Waals surface area contributed by atoms with Crippen LogP contribution < -0.4 is 10.0 Å². The van der Waals surface area contributed by atoms with E-state index in [-0.39, 0.29) is 37.2 Å². The molecule has 148 valence electrons. The Morgan fingerprint density at radius 2 is 1.38 bits per heavy atom. The van der Waals surface area contributed by atoms with Gasteiger partial charge in [-0.3, -0.25) is 9.59 Å². The van der Waals surface area contributed by atoms with E-state index in [2.05, 4.69) is 0 Å². The molecule has 0 bridgehead atoms. The number of carbonyl (C=O) groups excluding carboxylic acids is 2. The molecule has 0 saturated heterocycles. The lowest BCUT2D eigenvalue weighted by atomic mass is 10.2. The quantitative estimate of drug-likeness (QED) is 0.314. The van der Waals surface area contributed by atoms with Crippen LogP contribution in [0, 0.1) is 0 Å². The number of rotatable bonds is 6. The molecule has 1 unspecified atom stereocenters. The molecular weight excluding hydrogens is 454 g/mol.